The smallest absolute Gasteiger partial charge is 0.421 e. The Labute approximate surface area is 137 Å². The summed E-state index contributed by atoms with van der Waals surface area (Å²) in [5.74, 6) is 0. The summed E-state index contributed by atoms with van der Waals surface area (Å²) in [5, 5.41) is 0. The van der Waals surface area contributed by atoms with Gasteiger partial charge in [0.05, 0.1) is 6.61 Å². The molecule has 0 aliphatic carbocycles. The van der Waals surface area contributed by atoms with Gasteiger partial charge in [0.2, 0.25) is 0 Å². The van der Waals surface area contributed by atoms with Crippen molar-refractivity contribution in [2.24, 2.45) is 0 Å². The summed E-state index contributed by atoms with van der Waals surface area (Å²) >= 11 is 0. The lowest BCUT2D eigenvalue weighted by atomic mass is 10.1. The molecule has 0 aliphatic heterocycles. The van der Waals surface area contributed by atoms with Gasteiger partial charge in [-0.2, -0.15) is 0 Å². The lowest BCUT2D eigenvalue weighted by molar-refractivity contribution is 0.139. The average molecular weight is 315 g/mol. The molecule has 0 bridgehead atoms. The Balaban J connectivity index is 3.06. The van der Waals surface area contributed by atoms with Crippen molar-refractivity contribution in [2.45, 2.75) is 97.3 Å². The number of nitrogens with one attached hydrogen (secondary N) is 2. The Bertz CT molecular complexity index is 235. The van der Waals surface area contributed by atoms with E-state index >= 15 is 0 Å². The van der Waals surface area contributed by atoms with Crippen LogP contribution in [-0.4, -0.2) is 19.2 Å². The van der Waals surface area contributed by atoms with Gasteiger partial charge in [-0.1, -0.05) is 84.5 Å². The molecule has 0 aliphatic rings. The lowest BCUT2D eigenvalue weighted by Crippen LogP contribution is -2.38. The molecule has 0 spiro atoms. The lowest BCUT2D eigenvalue weighted by Gasteiger charge is -2.07. The highest BCUT2D eigenvalue weighted by atomic mass is 16.6. The largest absolute Gasteiger partial charge is 0.449 e. The van der Waals surface area contributed by atoms with Crippen LogP contribution < -0.4 is 10.9 Å². The van der Waals surface area contributed by atoms with Crippen molar-refractivity contribution in [3.05, 3.63) is 0 Å². The Morgan fingerprint density at radius 2 is 1.23 bits per heavy atom. The van der Waals surface area contributed by atoms with Crippen molar-refractivity contribution in [3.63, 3.8) is 0 Å². The van der Waals surface area contributed by atoms with Crippen LogP contribution in [0.15, 0.2) is 0 Å². The van der Waals surface area contributed by atoms with Gasteiger partial charge in [-0.25, -0.2) is 10.2 Å². The van der Waals surface area contributed by atoms with E-state index < -0.39 is 0 Å². The Hall–Kier alpha value is -0.770. The number of ether oxygens (including phenoxy) is 1. The van der Waals surface area contributed by atoms with Crippen LogP contribution in [0.1, 0.15) is 97.3 Å². The fraction of sp³-hybridized carbons (Fsp3) is 0.944. The highest BCUT2D eigenvalue weighted by Crippen LogP contribution is 2.11. The van der Waals surface area contributed by atoms with Gasteiger partial charge in [-0.3, -0.25) is 5.43 Å². The van der Waals surface area contributed by atoms with Gasteiger partial charge < -0.3 is 4.74 Å². The van der Waals surface area contributed by atoms with Gasteiger partial charge in [0, 0.05) is 6.54 Å². The first-order chi connectivity index (χ1) is 10.8. The van der Waals surface area contributed by atoms with E-state index in [1.165, 1.54) is 64.2 Å². The fourth-order valence-electron chi connectivity index (χ4n) is 2.40. The number of carbonyl (C=O) groups is 1. The number of unbranched alkanes of at least 4 members (excludes halogenated alkanes) is 11. The maximum absolute atomic E-state index is 11.2. The maximum Gasteiger partial charge on any atom is 0.421 e. The Morgan fingerprint density at radius 3 is 1.73 bits per heavy atom. The highest BCUT2D eigenvalue weighted by molar-refractivity contribution is 5.66. The summed E-state index contributed by atoms with van der Waals surface area (Å²) in [6, 6.07) is 0. The molecule has 0 heterocycles. The number of hydrogen-bond acceptors (Lipinski definition) is 3. The molecule has 0 fully saturated rings. The molecule has 2 N–H and O–H groups in total. The first-order valence-electron chi connectivity index (χ1n) is 9.46. The molecule has 22 heavy (non-hydrogen) atoms. The van der Waals surface area contributed by atoms with E-state index in [4.69, 9.17) is 4.74 Å². The molecule has 4 nitrogen and oxygen atoms in total. The van der Waals surface area contributed by atoms with E-state index in [9.17, 15) is 4.79 Å². The summed E-state index contributed by atoms with van der Waals surface area (Å²) in [6.45, 7) is 5.61. The van der Waals surface area contributed by atoms with E-state index in [2.05, 4.69) is 17.8 Å². The van der Waals surface area contributed by atoms with Crippen LogP contribution >= 0.6 is 0 Å². The van der Waals surface area contributed by atoms with Crippen LogP contribution in [0, 0.1) is 0 Å². The zero-order valence-electron chi connectivity index (χ0n) is 14.9. The SMILES string of the molecule is CCCCCCCCCCCCCCOC(=O)NNCCC. The molecule has 0 saturated heterocycles. The molecule has 4 heteroatoms. The van der Waals surface area contributed by atoms with E-state index in [1.54, 1.807) is 0 Å². The predicted octanol–water partition coefficient (Wildman–Crippen LogP) is 5.33. The first kappa shape index (κ1) is 21.2. The van der Waals surface area contributed by atoms with E-state index in [-0.39, 0.29) is 6.09 Å². The number of carbonyl (C=O) groups excluding carboxylic acids is 1. The summed E-state index contributed by atoms with van der Waals surface area (Å²) < 4.78 is 5.07. The summed E-state index contributed by atoms with van der Waals surface area (Å²) in [6.07, 6.45) is 16.4. The van der Waals surface area contributed by atoms with Gasteiger partial charge in [-0.05, 0) is 12.8 Å². The van der Waals surface area contributed by atoms with Crippen molar-refractivity contribution in [2.75, 3.05) is 13.2 Å². The van der Waals surface area contributed by atoms with Crippen molar-refractivity contribution < 1.29 is 9.53 Å². The van der Waals surface area contributed by atoms with Crippen LogP contribution in [0.5, 0.6) is 0 Å². The minimum Gasteiger partial charge on any atom is -0.449 e. The number of amides is 1. The summed E-state index contributed by atoms with van der Waals surface area (Å²) in [5.41, 5.74) is 5.32. The fourth-order valence-corrected chi connectivity index (χ4v) is 2.40. The second kappa shape index (κ2) is 18.3. The quantitative estimate of drug-likeness (QED) is 0.299. The molecule has 0 aromatic carbocycles. The number of hydrogen-bond donors (Lipinski definition) is 2. The van der Waals surface area contributed by atoms with Gasteiger partial charge in [-0.15, -0.1) is 0 Å². The van der Waals surface area contributed by atoms with Crippen molar-refractivity contribution in [1.82, 2.24) is 10.9 Å². The average Bonchev–Trinajstić information content (AvgIpc) is 2.52. The van der Waals surface area contributed by atoms with E-state index in [0.717, 1.165) is 25.8 Å². The van der Waals surface area contributed by atoms with E-state index in [1.807, 2.05) is 6.92 Å². The third-order valence-electron chi connectivity index (χ3n) is 3.80. The van der Waals surface area contributed by atoms with Crippen molar-refractivity contribution >= 4 is 6.09 Å². The topological polar surface area (TPSA) is 50.4 Å². The van der Waals surface area contributed by atoms with Gasteiger partial charge in [0.15, 0.2) is 0 Å². The van der Waals surface area contributed by atoms with E-state index in [0.29, 0.717) is 6.61 Å². The molecule has 0 radical (unpaired) electrons. The van der Waals surface area contributed by atoms with Crippen LogP contribution in [-0.2, 0) is 4.74 Å². The molecule has 132 valence electrons. The van der Waals surface area contributed by atoms with Gasteiger partial charge in [0.25, 0.3) is 0 Å². The molecule has 0 rings (SSSR count). The van der Waals surface area contributed by atoms with Gasteiger partial charge >= 0.3 is 6.09 Å². The molecular weight excluding hydrogens is 276 g/mol. The van der Waals surface area contributed by atoms with Crippen LogP contribution in [0.4, 0.5) is 4.79 Å². The molecule has 1 amide bonds. The molecule has 0 unspecified atom stereocenters. The normalized spacial score (nSPS) is 10.6. The Morgan fingerprint density at radius 1 is 0.727 bits per heavy atom. The van der Waals surface area contributed by atoms with Crippen LogP contribution in [0.2, 0.25) is 0 Å². The maximum atomic E-state index is 11.2. The first-order valence-corrected chi connectivity index (χ1v) is 9.46. The number of hydrazine groups is 1. The summed E-state index contributed by atoms with van der Waals surface area (Å²) in [4.78, 5) is 11.2. The van der Waals surface area contributed by atoms with Crippen molar-refractivity contribution in [1.29, 1.82) is 0 Å². The monoisotopic (exact) mass is 314 g/mol. The standard InChI is InChI=1S/C18H38N2O2/c1-3-5-6-7-8-9-10-11-12-13-14-15-17-22-18(21)20-19-16-4-2/h19H,3-17H2,1-2H3,(H,20,21). The predicted molar refractivity (Wildman–Crippen MR) is 93.9 cm³/mol. The second-order valence-corrected chi connectivity index (χ2v) is 6.08. The zero-order valence-corrected chi connectivity index (χ0v) is 14.9. The van der Waals surface area contributed by atoms with Crippen molar-refractivity contribution in [3.8, 4) is 0 Å². The highest BCUT2D eigenvalue weighted by Gasteiger charge is 1.99. The third-order valence-corrected chi connectivity index (χ3v) is 3.80. The molecule has 0 atom stereocenters. The van der Waals surface area contributed by atoms with Crippen LogP contribution in [0.25, 0.3) is 0 Å². The molecular formula is C18H38N2O2. The van der Waals surface area contributed by atoms with Crippen LogP contribution in [0.3, 0.4) is 0 Å². The second-order valence-electron chi connectivity index (χ2n) is 6.08. The molecule has 0 aromatic rings. The Kier molecular flexibility index (Phi) is 17.6. The third kappa shape index (κ3) is 17.3. The number of rotatable bonds is 16. The summed E-state index contributed by atoms with van der Waals surface area (Å²) in [7, 11) is 0. The van der Waals surface area contributed by atoms with Gasteiger partial charge in [0.1, 0.15) is 0 Å². The minimum absolute atomic E-state index is 0.364. The zero-order chi connectivity index (χ0) is 16.3. The molecule has 0 saturated carbocycles. The molecule has 0 aromatic heterocycles. The minimum atomic E-state index is -0.364.